The van der Waals surface area contributed by atoms with Crippen LogP contribution in [-0.2, 0) is 10.0 Å². The summed E-state index contributed by atoms with van der Waals surface area (Å²) in [5.74, 6) is 0. The summed E-state index contributed by atoms with van der Waals surface area (Å²) in [6.45, 7) is 7.68. The molecule has 0 fully saturated rings. The zero-order valence-electron chi connectivity index (χ0n) is 11.8. The van der Waals surface area contributed by atoms with Gasteiger partial charge in [0, 0.05) is 13.1 Å². The molecule has 0 heterocycles. The molecular formula is C14H22N2O2S. The molecule has 1 aromatic carbocycles. The van der Waals surface area contributed by atoms with Gasteiger partial charge in [0.1, 0.15) is 6.34 Å². The third-order valence-electron chi connectivity index (χ3n) is 2.69. The molecule has 1 aromatic rings. The minimum Gasteiger partial charge on any atom is -0.362 e. The molecule has 0 spiro atoms. The van der Waals surface area contributed by atoms with Crippen molar-refractivity contribution in [1.29, 1.82) is 0 Å². The lowest BCUT2D eigenvalue weighted by Gasteiger charge is -2.17. The Balaban J connectivity index is 2.85. The molecule has 4 nitrogen and oxygen atoms in total. The van der Waals surface area contributed by atoms with E-state index in [1.807, 2.05) is 11.8 Å². The van der Waals surface area contributed by atoms with Crippen LogP contribution >= 0.6 is 0 Å². The van der Waals surface area contributed by atoms with Gasteiger partial charge in [0.15, 0.2) is 0 Å². The highest BCUT2D eigenvalue weighted by Gasteiger charge is 2.11. The largest absolute Gasteiger partial charge is 0.362 e. The fraction of sp³-hybridized carbons (Fsp3) is 0.500. The molecule has 0 saturated heterocycles. The molecule has 0 saturated carbocycles. The lowest BCUT2D eigenvalue weighted by molar-refractivity contribution is 0.429. The maximum Gasteiger partial charge on any atom is 0.283 e. The lowest BCUT2D eigenvalue weighted by atomic mass is 10.2. The maximum absolute atomic E-state index is 12.0. The Morgan fingerprint density at radius 1 is 1.11 bits per heavy atom. The van der Waals surface area contributed by atoms with Crippen molar-refractivity contribution in [2.75, 3.05) is 13.1 Å². The second kappa shape index (κ2) is 7.28. The number of hydrogen-bond donors (Lipinski definition) is 0. The maximum atomic E-state index is 12.0. The average Bonchev–Trinajstić information content (AvgIpc) is 2.37. The third kappa shape index (κ3) is 5.03. The first-order chi connectivity index (χ1) is 8.99. The molecule has 0 atom stereocenters. The summed E-state index contributed by atoms with van der Waals surface area (Å²) in [4.78, 5) is 2.17. The van der Waals surface area contributed by atoms with Crippen molar-refractivity contribution in [3.63, 3.8) is 0 Å². The molecule has 19 heavy (non-hydrogen) atoms. The van der Waals surface area contributed by atoms with Crippen LogP contribution in [0, 0.1) is 6.92 Å². The van der Waals surface area contributed by atoms with Crippen LogP contribution in [-0.4, -0.2) is 32.7 Å². The Kier molecular flexibility index (Phi) is 6.02. The monoisotopic (exact) mass is 282 g/mol. The van der Waals surface area contributed by atoms with E-state index in [1.54, 1.807) is 24.3 Å². The van der Waals surface area contributed by atoms with E-state index in [0.717, 1.165) is 31.5 Å². The average molecular weight is 282 g/mol. The zero-order chi connectivity index (χ0) is 14.3. The predicted molar refractivity (Wildman–Crippen MR) is 79.0 cm³/mol. The van der Waals surface area contributed by atoms with E-state index in [4.69, 9.17) is 0 Å². The van der Waals surface area contributed by atoms with E-state index < -0.39 is 10.0 Å². The minimum atomic E-state index is -3.58. The number of nitrogens with zero attached hydrogens (tertiary/aromatic N) is 2. The van der Waals surface area contributed by atoms with Gasteiger partial charge in [0.05, 0.1) is 4.90 Å². The Bertz CT molecular complexity index is 501. The van der Waals surface area contributed by atoms with Crippen molar-refractivity contribution < 1.29 is 8.42 Å². The number of hydrogen-bond acceptors (Lipinski definition) is 2. The van der Waals surface area contributed by atoms with E-state index >= 15 is 0 Å². The van der Waals surface area contributed by atoms with Crippen LogP contribution in [0.4, 0.5) is 0 Å². The molecule has 1 rings (SSSR count). The summed E-state index contributed by atoms with van der Waals surface area (Å²) in [6.07, 6.45) is 3.38. The summed E-state index contributed by atoms with van der Waals surface area (Å²) in [6, 6.07) is 6.73. The van der Waals surface area contributed by atoms with Gasteiger partial charge in [-0.15, -0.1) is 4.40 Å². The van der Waals surface area contributed by atoms with E-state index in [1.165, 1.54) is 6.34 Å². The summed E-state index contributed by atoms with van der Waals surface area (Å²) in [7, 11) is -3.58. The van der Waals surface area contributed by atoms with Crippen LogP contribution in [0.5, 0.6) is 0 Å². The van der Waals surface area contributed by atoms with Gasteiger partial charge < -0.3 is 4.90 Å². The highest BCUT2D eigenvalue weighted by atomic mass is 32.2. The number of benzene rings is 1. The van der Waals surface area contributed by atoms with Crippen LogP contribution in [0.1, 0.15) is 32.3 Å². The molecule has 0 N–H and O–H groups in total. The quantitative estimate of drug-likeness (QED) is 0.571. The Morgan fingerprint density at radius 2 is 1.63 bits per heavy atom. The normalized spacial score (nSPS) is 11.9. The first kappa shape index (κ1) is 15.7. The molecule has 0 aliphatic heterocycles. The molecule has 0 aliphatic carbocycles. The van der Waals surface area contributed by atoms with Gasteiger partial charge in [0.25, 0.3) is 10.0 Å². The van der Waals surface area contributed by atoms with Crippen LogP contribution in [0.15, 0.2) is 33.6 Å². The topological polar surface area (TPSA) is 49.7 Å². The summed E-state index contributed by atoms with van der Waals surface area (Å²) < 4.78 is 27.8. The van der Waals surface area contributed by atoms with Crippen LogP contribution in [0.25, 0.3) is 0 Å². The van der Waals surface area contributed by atoms with Gasteiger partial charge in [-0.3, -0.25) is 0 Å². The second-order valence-corrected chi connectivity index (χ2v) is 6.18. The van der Waals surface area contributed by atoms with Crippen LogP contribution < -0.4 is 0 Å². The van der Waals surface area contributed by atoms with Crippen LogP contribution in [0.3, 0.4) is 0 Å². The van der Waals surface area contributed by atoms with Gasteiger partial charge in [-0.25, -0.2) is 0 Å². The molecular weight excluding hydrogens is 260 g/mol. The predicted octanol–water partition coefficient (Wildman–Crippen LogP) is 2.83. The molecule has 0 amide bonds. The molecule has 0 aliphatic rings. The lowest BCUT2D eigenvalue weighted by Crippen LogP contribution is -2.24. The van der Waals surface area contributed by atoms with Crippen molar-refractivity contribution in [2.24, 2.45) is 4.40 Å². The molecule has 0 unspecified atom stereocenters. The first-order valence-corrected chi connectivity index (χ1v) is 8.04. The van der Waals surface area contributed by atoms with E-state index in [0.29, 0.717) is 0 Å². The summed E-state index contributed by atoms with van der Waals surface area (Å²) >= 11 is 0. The van der Waals surface area contributed by atoms with Crippen molar-refractivity contribution in [1.82, 2.24) is 4.90 Å². The van der Waals surface area contributed by atoms with Crippen molar-refractivity contribution >= 4 is 16.4 Å². The second-order valence-electron chi connectivity index (χ2n) is 4.54. The van der Waals surface area contributed by atoms with Gasteiger partial charge in [-0.2, -0.15) is 8.42 Å². The fourth-order valence-corrected chi connectivity index (χ4v) is 2.56. The molecule has 5 heteroatoms. The Labute approximate surface area is 116 Å². The fourth-order valence-electron chi connectivity index (χ4n) is 1.70. The highest BCUT2D eigenvalue weighted by molar-refractivity contribution is 7.90. The van der Waals surface area contributed by atoms with E-state index in [2.05, 4.69) is 18.2 Å². The highest BCUT2D eigenvalue weighted by Crippen LogP contribution is 2.12. The standard InChI is InChI=1S/C14H22N2O2S/c1-4-10-16(11-5-2)12-15-19(17,18)14-8-6-13(3)7-9-14/h6-9,12H,4-5,10-11H2,1-3H3/b15-12+. The van der Waals surface area contributed by atoms with Crippen molar-refractivity contribution in [2.45, 2.75) is 38.5 Å². The number of sulfonamides is 1. The summed E-state index contributed by atoms with van der Waals surface area (Å²) in [5.41, 5.74) is 1.03. The first-order valence-electron chi connectivity index (χ1n) is 6.60. The Hall–Kier alpha value is -1.36. The Morgan fingerprint density at radius 3 is 2.11 bits per heavy atom. The molecule has 0 bridgehead atoms. The van der Waals surface area contributed by atoms with Crippen molar-refractivity contribution in [3.05, 3.63) is 29.8 Å². The van der Waals surface area contributed by atoms with E-state index in [9.17, 15) is 8.42 Å². The van der Waals surface area contributed by atoms with Gasteiger partial charge in [-0.05, 0) is 31.9 Å². The third-order valence-corrected chi connectivity index (χ3v) is 3.93. The number of aryl methyl sites for hydroxylation is 1. The van der Waals surface area contributed by atoms with Crippen LogP contribution in [0.2, 0.25) is 0 Å². The SMILES string of the molecule is CCCN(/C=N/S(=O)(=O)c1ccc(C)cc1)CCC. The van der Waals surface area contributed by atoms with E-state index in [-0.39, 0.29) is 4.90 Å². The minimum absolute atomic E-state index is 0.238. The summed E-state index contributed by atoms with van der Waals surface area (Å²) in [5, 5.41) is 0. The zero-order valence-corrected chi connectivity index (χ0v) is 12.7. The smallest absolute Gasteiger partial charge is 0.283 e. The number of rotatable bonds is 7. The molecule has 0 radical (unpaired) electrons. The van der Waals surface area contributed by atoms with Gasteiger partial charge in [0.2, 0.25) is 0 Å². The van der Waals surface area contributed by atoms with Crippen molar-refractivity contribution in [3.8, 4) is 0 Å². The molecule has 106 valence electrons. The molecule has 0 aromatic heterocycles. The van der Waals surface area contributed by atoms with Gasteiger partial charge in [-0.1, -0.05) is 31.5 Å². The van der Waals surface area contributed by atoms with Gasteiger partial charge >= 0.3 is 0 Å².